The van der Waals surface area contributed by atoms with Gasteiger partial charge in [0.05, 0.1) is 18.1 Å². The zero-order valence-electron chi connectivity index (χ0n) is 14.8. The molecule has 0 radical (unpaired) electrons. The van der Waals surface area contributed by atoms with Crippen molar-refractivity contribution in [3.8, 4) is 0 Å². The Bertz CT molecular complexity index is 786. The number of carbonyl (C=O) groups excluding carboxylic acids is 1. The average molecular weight is 353 g/mol. The zero-order valence-corrected chi connectivity index (χ0v) is 14.8. The van der Waals surface area contributed by atoms with Crippen LogP contribution < -0.4 is 0 Å². The molecule has 0 aromatic heterocycles. The summed E-state index contributed by atoms with van der Waals surface area (Å²) in [7, 11) is 0. The summed E-state index contributed by atoms with van der Waals surface area (Å²) in [4.78, 5) is 26.8. The highest BCUT2D eigenvalue weighted by molar-refractivity contribution is 5.91. The third-order valence-electron chi connectivity index (χ3n) is 5.84. The van der Waals surface area contributed by atoms with Gasteiger partial charge in [-0.3, -0.25) is 9.59 Å². The summed E-state index contributed by atoms with van der Waals surface area (Å²) in [5.74, 6) is -2.51. The molecule has 1 spiro atoms. The SMILES string of the molecule is C=C(C)C[C@H]1N(CCc2ccccc2)C(=O)[C@H]2[C@@H](C(=O)O)[C@H]3C=C[C@]21O3. The Morgan fingerprint density at radius 2 is 2.08 bits per heavy atom. The third-order valence-corrected chi connectivity index (χ3v) is 5.84. The number of aliphatic carboxylic acids is 1. The second-order valence-electron chi connectivity index (χ2n) is 7.58. The van der Waals surface area contributed by atoms with Crippen molar-refractivity contribution in [1.29, 1.82) is 0 Å². The summed E-state index contributed by atoms with van der Waals surface area (Å²) >= 11 is 0. The van der Waals surface area contributed by atoms with Crippen molar-refractivity contribution in [2.75, 3.05) is 6.54 Å². The number of ether oxygens (including phenoxy) is 1. The summed E-state index contributed by atoms with van der Waals surface area (Å²) in [6.45, 7) is 6.49. The highest BCUT2D eigenvalue weighted by Crippen LogP contribution is 2.55. The van der Waals surface area contributed by atoms with E-state index in [2.05, 4.69) is 6.58 Å². The summed E-state index contributed by atoms with van der Waals surface area (Å²) < 4.78 is 6.13. The Hall–Kier alpha value is -2.40. The van der Waals surface area contributed by atoms with E-state index in [-0.39, 0.29) is 11.9 Å². The minimum Gasteiger partial charge on any atom is -0.481 e. The van der Waals surface area contributed by atoms with E-state index in [0.717, 1.165) is 17.6 Å². The Kier molecular flexibility index (Phi) is 3.99. The van der Waals surface area contributed by atoms with Crippen LogP contribution in [-0.2, 0) is 20.7 Å². The van der Waals surface area contributed by atoms with Gasteiger partial charge < -0.3 is 14.7 Å². The van der Waals surface area contributed by atoms with Gasteiger partial charge in [0, 0.05) is 6.54 Å². The average Bonchev–Trinajstić information content (AvgIpc) is 3.24. The molecule has 3 heterocycles. The molecule has 1 N–H and O–H groups in total. The van der Waals surface area contributed by atoms with Crippen LogP contribution in [0.1, 0.15) is 18.9 Å². The number of fused-ring (bicyclic) bond motifs is 1. The Morgan fingerprint density at radius 1 is 1.35 bits per heavy atom. The van der Waals surface area contributed by atoms with Gasteiger partial charge in [-0.05, 0) is 25.3 Å². The van der Waals surface area contributed by atoms with Crippen LogP contribution in [0.15, 0.2) is 54.6 Å². The number of carbonyl (C=O) groups is 2. The summed E-state index contributed by atoms with van der Waals surface area (Å²) in [6, 6.07) is 9.80. The van der Waals surface area contributed by atoms with Gasteiger partial charge in [-0.2, -0.15) is 0 Å². The lowest BCUT2D eigenvalue weighted by Crippen LogP contribution is -2.45. The number of nitrogens with zero attached hydrogens (tertiary/aromatic N) is 1. The molecule has 5 heteroatoms. The number of hydrogen-bond acceptors (Lipinski definition) is 3. The highest BCUT2D eigenvalue weighted by Gasteiger charge is 2.70. The van der Waals surface area contributed by atoms with Gasteiger partial charge in [-0.15, -0.1) is 6.58 Å². The summed E-state index contributed by atoms with van der Waals surface area (Å²) in [5.41, 5.74) is 1.28. The number of amides is 1. The Labute approximate surface area is 152 Å². The predicted molar refractivity (Wildman–Crippen MR) is 96.4 cm³/mol. The molecule has 1 aromatic rings. The monoisotopic (exact) mass is 353 g/mol. The van der Waals surface area contributed by atoms with Crippen molar-refractivity contribution in [3.05, 3.63) is 60.2 Å². The van der Waals surface area contributed by atoms with Crippen LogP contribution in [0.25, 0.3) is 0 Å². The maximum atomic E-state index is 13.2. The molecule has 3 aliphatic heterocycles. The number of carboxylic acids is 1. The van der Waals surface area contributed by atoms with E-state index in [1.165, 1.54) is 0 Å². The van der Waals surface area contributed by atoms with Gasteiger partial charge in [0.2, 0.25) is 5.91 Å². The first-order chi connectivity index (χ1) is 12.4. The molecule has 1 amide bonds. The molecule has 0 aliphatic carbocycles. The second-order valence-corrected chi connectivity index (χ2v) is 7.58. The lowest BCUT2D eigenvalue weighted by molar-refractivity contribution is -0.148. The normalized spacial score (nSPS) is 34.3. The molecule has 26 heavy (non-hydrogen) atoms. The van der Waals surface area contributed by atoms with Gasteiger partial charge in [0.25, 0.3) is 0 Å². The molecule has 2 fully saturated rings. The van der Waals surface area contributed by atoms with Crippen LogP contribution in [0.3, 0.4) is 0 Å². The molecule has 2 bridgehead atoms. The van der Waals surface area contributed by atoms with Crippen molar-refractivity contribution >= 4 is 11.9 Å². The number of rotatable bonds is 6. The fourth-order valence-corrected chi connectivity index (χ4v) is 4.76. The van der Waals surface area contributed by atoms with E-state index in [0.29, 0.717) is 13.0 Å². The van der Waals surface area contributed by atoms with Crippen molar-refractivity contribution in [1.82, 2.24) is 4.90 Å². The lowest BCUT2D eigenvalue weighted by atomic mass is 9.74. The number of benzene rings is 1. The quantitative estimate of drug-likeness (QED) is 0.798. The van der Waals surface area contributed by atoms with E-state index >= 15 is 0 Å². The van der Waals surface area contributed by atoms with Crippen molar-refractivity contribution in [3.63, 3.8) is 0 Å². The minimum absolute atomic E-state index is 0.105. The first-order valence-electron chi connectivity index (χ1n) is 9.03. The molecular formula is C21H23NO4. The number of carboxylic acid groups (broad SMARTS) is 1. The largest absolute Gasteiger partial charge is 0.481 e. The predicted octanol–water partition coefficient (Wildman–Crippen LogP) is 2.43. The van der Waals surface area contributed by atoms with E-state index in [9.17, 15) is 14.7 Å². The van der Waals surface area contributed by atoms with Crippen LogP contribution in [0.2, 0.25) is 0 Å². The molecule has 1 aromatic carbocycles. The highest BCUT2D eigenvalue weighted by atomic mass is 16.5. The summed E-state index contributed by atoms with van der Waals surface area (Å²) in [5, 5.41) is 9.66. The molecule has 3 aliphatic rings. The van der Waals surface area contributed by atoms with E-state index in [1.807, 2.05) is 54.3 Å². The van der Waals surface area contributed by atoms with Crippen LogP contribution in [0, 0.1) is 11.8 Å². The summed E-state index contributed by atoms with van der Waals surface area (Å²) in [6.07, 6.45) is 4.57. The van der Waals surface area contributed by atoms with Crippen molar-refractivity contribution in [2.24, 2.45) is 11.8 Å². The van der Waals surface area contributed by atoms with Crippen LogP contribution in [-0.4, -0.2) is 46.2 Å². The Morgan fingerprint density at radius 3 is 2.73 bits per heavy atom. The molecule has 2 saturated heterocycles. The fourth-order valence-electron chi connectivity index (χ4n) is 4.76. The zero-order chi connectivity index (χ0) is 18.5. The first-order valence-corrected chi connectivity index (χ1v) is 9.03. The molecule has 4 rings (SSSR count). The van der Waals surface area contributed by atoms with Crippen LogP contribution in [0.5, 0.6) is 0 Å². The molecule has 0 saturated carbocycles. The second kappa shape index (κ2) is 6.09. The topological polar surface area (TPSA) is 66.8 Å². The smallest absolute Gasteiger partial charge is 0.310 e. The molecule has 0 unspecified atom stereocenters. The molecule has 5 nitrogen and oxygen atoms in total. The molecule has 5 atom stereocenters. The van der Waals surface area contributed by atoms with Gasteiger partial charge >= 0.3 is 5.97 Å². The van der Waals surface area contributed by atoms with E-state index < -0.39 is 29.5 Å². The first kappa shape index (κ1) is 17.0. The number of hydrogen-bond donors (Lipinski definition) is 1. The maximum absolute atomic E-state index is 13.2. The van der Waals surface area contributed by atoms with E-state index in [4.69, 9.17) is 4.74 Å². The van der Waals surface area contributed by atoms with Crippen molar-refractivity contribution in [2.45, 2.75) is 37.5 Å². The third kappa shape index (κ3) is 2.42. The maximum Gasteiger partial charge on any atom is 0.310 e. The van der Waals surface area contributed by atoms with E-state index in [1.54, 1.807) is 0 Å². The van der Waals surface area contributed by atoms with Gasteiger partial charge in [0.15, 0.2) is 0 Å². The molecule has 136 valence electrons. The number of likely N-dealkylation sites (tertiary alicyclic amines) is 1. The van der Waals surface area contributed by atoms with Crippen LogP contribution in [0.4, 0.5) is 0 Å². The fraction of sp³-hybridized carbons (Fsp3) is 0.429. The van der Waals surface area contributed by atoms with Gasteiger partial charge in [0.1, 0.15) is 11.5 Å². The van der Waals surface area contributed by atoms with Gasteiger partial charge in [-0.1, -0.05) is 48.1 Å². The minimum atomic E-state index is -0.960. The lowest BCUT2D eigenvalue weighted by Gasteiger charge is -2.33. The van der Waals surface area contributed by atoms with Crippen molar-refractivity contribution < 1.29 is 19.4 Å². The standard InChI is InChI=1S/C21H23NO4/c1-13(2)12-16-21-10-8-15(26-21)17(20(24)25)18(21)19(23)22(16)11-9-14-6-4-3-5-7-14/h3-8,10,15-18H,1,9,11-12H2,2H3,(H,24,25)/t15-,16-,17+,18-,21-/m1/s1. The molecular weight excluding hydrogens is 330 g/mol. The Balaban J connectivity index is 1.65. The van der Waals surface area contributed by atoms with Gasteiger partial charge in [-0.25, -0.2) is 0 Å². The van der Waals surface area contributed by atoms with Crippen LogP contribution >= 0.6 is 0 Å².